The van der Waals surface area contributed by atoms with Gasteiger partial charge in [-0.1, -0.05) is 6.92 Å². The number of amides is 1. The summed E-state index contributed by atoms with van der Waals surface area (Å²) in [5.41, 5.74) is -0.487. The molecule has 0 atom stereocenters. The molecule has 1 amide bonds. The Kier molecular flexibility index (Phi) is 7.02. The van der Waals surface area contributed by atoms with E-state index < -0.39 is 11.7 Å². The number of hydrogen-bond donors (Lipinski definition) is 2. The van der Waals surface area contributed by atoms with E-state index in [1.54, 1.807) is 6.08 Å². The van der Waals surface area contributed by atoms with Gasteiger partial charge in [0.2, 0.25) is 0 Å². The molecular formula is C12H22N2O3. The Balaban J connectivity index is 3.74. The van der Waals surface area contributed by atoms with Gasteiger partial charge >= 0.3 is 6.09 Å². The van der Waals surface area contributed by atoms with Crippen molar-refractivity contribution >= 4 is 12.3 Å². The van der Waals surface area contributed by atoms with Crippen LogP contribution in [0.1, 0.15) is 34.1 Å². The molecule has 0 aliphatic carbocycles. The van der Waals surface area contributed by atoms with Crippen LogP contribution in [0.25, 0.3) is 0 Å². The van der Waals surface area contributed by atoms with Crippen molar-refractivity contribution in [2.45, 2.75) is 39.7 Å². The summed E-state index contributed by atoms with van der Waals surface area (Å²) < 4.78 is 10.4. The molecule has 0 saturated heterocycles. The van der Waals surface area contributed by atoms with Gasteiger partial charge in [-0.3, -0.25) is 0 Å². The number of allylic oxidation sites excluding steroid dienone is 2. The summed E-state index contributed by atoms with van der Waals surface area (Å²) in [6.45, 7) is 8.12. The molecule has 0 fully saturated rings. The van der Waals surface area contributed by atoms with E-state index >= 15 is 0 Å². The minimum absolute atomic E-state index is 0.368. The van der Waals surface area contributed by atoms with Crippen molar-refractivity contribution in [1.82, 2.24) is 5.32 Å². The third-order valence-electron chi connectivity index (χ3n) is 1.68. The van der Waals surface area contributed by atoms with E-state index in [4.69, 9.17) is 14.9 Å². The summed E-state index contributed by atoms with van der Waals surface area (Å²) in [7, 11) is 0. The third kappa shape index (κ3) is 9.41. The predicted molar refractivity (Wildman–Crippen MR) is 67.3 cm³/mol. The molecule has 0 bridgehead atoms. The van der Waals surface area contributed by atoms with E-state index in [1.807, 2.05) is 27.7 Å². The van der Waals surface area contributed by atoms with Gasteiger partial charge in [-0.25, -0.2) is 4.79 Å². The fourth-order valence-electron chi connectivity index (χ4n) is 1.01. The van der Waals surface area contributed by atoms with Gasteiger partial charge in [0.15, 0.2) is 0 Å². The maximum Gasteiger partial charge on any atom is 0.407 e. The first kappa shape index (κ1) is 15.5. The minimum Gasteiger partial charge on any atom is -0.496 e. The van der Waals surface area contributed by atoms with E-state index in [0.29, 0.717) is 13.2 Å². The van der Waals surface area contributed by atoms with Crippen LogP contribution >= 0.6 is 0 Å². The zero-order valence-electron chi connectivity index (χ0n) is 11.0. The fraction of sp³-hybridized carbons (Fsp3) is 0.667. The molecule has 0 saturated carbocycles. The molecule has 0 aromatic heterocycles. The Hall–Kier alpha value is -1.52. The molecular weight excluding hydrogens is 220 g/mol. The van der Waals surface area contributed by atoms with E-state index in [1.165, 1.54) is 6.21 Å². The Morgan fingerprint density at radius 3 is 2.53 bits per heavy atom. The van der Waals surface area contributed by atoms with Gasteiger partial charge in [-0.05, 0) is 26.8 Å². The van der Waals surface area contributed by atoms with Crippen molar-refractivity contribution in [3.05, 3.63) is 11.8 Å². The lowest BCUT2D eigenvalue weighted by Crippen LogP contribution is -2.34. The topological polar surface area (TPSA) is 71.4 Å². The summed E-state index contributed by atoms with van der Waals surface area (Å²) in [5, 5.41) is 9.50. The smallest absolute Gasteiger partial charge is 0.407 e. The largest absolute Gasteiger partial charge is 0.496 e. The first-order chi connectivity index (χ1) is 7.89. The number of ether oxygens (including phenoxy) is 2. The highest BCUT2D eigenvalue weighted by atomic mass is 16.6. The Bertz CT molecular complexity index is 280. The molecule has 5 heteroatoms. The van der Waals surface area contributed by atoms with Crippen LogP contribution < -0.4 is 5.32 Å². The standard InChI is InChI=1S/C12H22N2O3/c1-5-10(6-7-13)16-9-8-14-11(15)17-12(2,3)4/h6-7,13H,5,8-9H2,1-4H3,(H,14,15)/b10-6+,13-7?. The monoisotopic (exact) mass is 242 g/mol. The number of alkyl carbamates (subject to hydrolysis) is 1. The highest BCUT2D eigenvalue weighted by Gasteiger charge is 2.15. The van der Waals surface area contributed by atoms with Crippen molar-refractivity contribution in [3.63, 3.8) is 0 Å². The van der Waals surface area contributed by atoms with E-state index in [9.17, 15) is 4.79 Å². The first-order valence-electron chi connectivity index (χ1n) is 5.68. The van der Waals surface area contributed by atoms with E-state index in [0.717, 1.165) is 12.2 Å². The predicted octanol–water partition coefficient (Wildman–Crippen LogP) is 2.47. The number of rotatable bonds is 6. The van der Waals surface area contributed by atoms with Crippen molar-refractivity contribution < 1.29 is 14.3 Å². The van der Waals surface area contributed by atoms with Crippen LogP contribution in [0.3, 0.4) is 0 Å². The lowest BCUT2D eigenvalue weighted by Gasteiger charge is -2.19. The molecule has 17 heavy (non-hydrogen) atoms. The number of carbonyl (C=O) groups is 1. The molecule has 5 nitrogen and oxygen atoms in total. The van der Waals surface area contributed by atoms with Crippen molar-refractivity contribution in [2.75, 3.05) is 13.2 Å². The lowest BCUT2D eigenvalue weighted by atomic mass is 10.2. The maximum atomic E-state index is 11.3. The van der Waals surface area contributed by atoms with Crippen LogP contribution in [0, 0.1) is 5.41 Å². The highest BCUT2D eigenvalue weighted by Crippen LogP contribution is 2.06. The van der Waals surface area contributed by atoms with Crippen LogP contribution in [-0.4, -0.2) is 31.1 Å². The lowest BCUT2D eigenvalue weighted by molar-refractivity contribution is 0.0512. The SMILES string of the molecule is CC/C(=C\C=N)OCCNC(=O)OC(C)(C)C. The average Bonchev–Trinajstić information content (AvgIpc) is 2.20. The van der Waals surface area contributed by atoms with Gasteiger partial charge < -0.3 is 20.2 Å². The zero-order valence-corrected chi connectivity index (χ0v) is 11.0. The summed E-state index contributed by atoms with van der Waals surface area (Å²) in [6, 6.07) is 0. The number of hydrogen-bond acceptors (Lipinski definition) is 4. The van der Waals surface area contributed by atoms with Crippen LogP contribution in [-0.2, 0) is 9.47 Å². The Labute approximate surface area is 103 Å². The van der Waals surface area contributed by atoms with Crippen LogP contribution in [0.4, 0.5) is 4.79 Å². The van der Waals surface area contributed by atoms with Crippen LogP contribution in [0.15, 0.2) is 11.8 Å². The van der Waals surface area contributed by atoms with E-state index in [2.05, 4.69) is 5.32 Å². The number of carbonyl (C=O) groups excluding carboxylic acids is 1. The molecule has 0 heterocycles. The second kappa shape index (κ2) is 7.70. The molecule has 2 N–H and O–H groups in total. The summed E-state index contributed by atoms with van der Waals surface area (Å²) in [4.78, 5) is 11.3. The molecule has 98 valence electrons. The molecule has 0 unspecified atom stereocenters. The number of nitrogens with one attached hydrogen (secondary N) is 2. The molecule has 0 radical (unpaired) electrons. The Morgan fingerprint density at radius 1 is 1.41 bits per heavy atom. The molecule has 0 aromatic carbocycles. The summed E-state index contributed by atoms with van der Waals surface area (Å²) in [5.74, 6) is 0.728. The highest BCUT2D eigenvalue weighted by molar-refractivity contribution is 5.68. The molecule has 0 rings (SSSR count). The minimum atomic E-state index is -0.487. The van der Waals surface area contributed by atoms with Gasteiger partial charge in [0, 0.05) is 12.6 Å². The van der Waals surface area contributed by atoms with Crippen molar-refractivity contribution in [2.24, 2.45) is 0 Å². The van der Waals surface area contributed by atoms with Gasteiger partial charge in [-0.2, -0.15) is 0 Å². The maximum absolute atomic E-state index is 11.3. The first-order valence-corrected chi connectivity index (χ1v) is 5.68. The molecule has 0 spiro atoms. The normalized spacial score (nSPS) is 11.9. The van der Waals surface area contributed by atoms with Gasteiger partial charge in [0.05, 0.1) is 12.3 Å². The third-order valence-corrected chi connectivity index (χ3v) is 1.68. The second-order valence-electron chi connectivity index (χ2n) is 4.43. The molecule has 0 aliphatic heterocycles. The summed E-state index contributed by atoms with van der Waals surface area (Å²) in [6.07, 6.45) is 3.05. The van der Waals surface area contributed by atoms with Gasteiger partial charge in [-0.15, -0.1) is 0 Å². The fourth-order valence-corrected chi connectivity index (χ4v) is 1.01. The van der Waals surface area contributed by atoms with Gasteiger partial charge in [0.1, 0.15) is 12.2 Å². The Morgan fingerprint density at radius 2 is 2.06 bits per heavy atom. The van der Waals surface area contributed by atoms with Gasteiger partial charge in [0.25, 0.3) is 0 Å². The molecule has 0 aliphatic rings. The zero-order chi connectivity index (χ0) is 13.3. The average molecular weight is 242 g/mol. The van der Waals surface area contributed by atoms with E-state index in [-0.39, 0.29) is 0 Å². The van der Waals surface area contributed by atoms with Crippen LogP contribution in [0.2, 0.25) is 0 Å². The quantitative estimate of drug-likeness (QED) is 0.427. The summed E-state index contributed by atoms with van der Waals surface area (Å²) >= 11 is 0. The second-order valence-corrected chi connectivity index (χ2v) is 4.43. The molecule has 0 aromatic rings. The van der Waals surface area contributed by atoms with Crippen molar-refractivity contribution in [1.29, 1.82) is 5.41 Å². The van der Waals surface area contributed by atoms with Crippen LogP contribution in [0.5, 0.6) is 0 Å². The van der Waals surface area contributed by atoms with Crippen molar-refractivity contribution in [3.8, 4) is 0 Å².